The molecule has 1 amide bonds. The van der Waals surface area contributed by atoms with E-state index in [9.17, 15) is 9.90 Å². The molecule has 2 aliphatic rings. The lowest BCUT2D eigenvalue weighted by molar-refractivity contribution is -0.123. The number of β-amino-alcohol motifs (C(OH)–C–C–N with tert-alkyl or cyclic N) is 1. The van der Waals surface area contributed by atoms with Crippen LogP contribution in [0, 0.1) is 5.41 Å². The van der Waals surface area contributed by atoms with Gasteiger partial charge in [-0.3, -0.25) is 4.79 Å². The average molecular weight is 249 g/mol. The van der Waals surface area contributed by atoms with Gasteiger partial charge in [-0.1, -0.05) is 6.92 Å². The highest BCUT2D eigenvalue weighted by atomic mass is 35.5. The zero-order valence-corrected chi connectivity index (χ0v) is 10.5. The Bertz CT molecular complexity index is 256. The topological polar surface area (TPSA) is 61.4 Å². The summed E-state index contributed by atoms with van der Waals surface area (Å²) in [6.45, 7) is 3.52. The van der Waals surface area contributed by atoms with Gasteiger partial charge in [-0.15, -0.1) is 12.4 Å². The number of rotatable bonds is 4. The molecule has 0 unspecified atom stereocenters. The van der Waals surface area contributed by atoms with Gasteiger partial charge in [-0.2, -0.15) is 0 Å². The van der Waals surface area contributed by atoms with Crippen molar-refractivity contribution in [3.8, 4) is 0 Å². The van der Waals surface area contributed by atoms with E-state index in [0.29, 0.717) is 18.4 Å². The summed E-state index contributed by atoms with van der Waals surface area (Å²) in [4.78, 5) is 11.7. The quantitative estimate of drug-likeness (QED) is 0.677. The highest BCUT2D eigenvalue weighted by Crippen LogP contribution is 2.47. The first-order valence-corrected chi connectivity index (χ1v) is 5.84. The number of carbonyl (C=O) groups excluding carboxylic acids is 1. The zero-order valence-electron chi connectivity index (χ0n) is 9.66. The second-order valence-corrected chi connectivity index (χ2v) is 4.92. The van der Waals surface area contributed by atoms with Crippen molar-refractivity contribution in [3.63, 3.8) is 0 Å². The Hall–Kier alpha value is -0.320. The van der Waals surface area contributed by atoms with Crippen LogP contribution in [0.3, 0.4) is 0 Å². The van der Waals surface area contributed by atoms with Crippen LogP contribution in [-0.2, 0) is 4.79 Å². The molecule has 1 aliphatic carbocycles. The highest BCUT2D eigenvalue weighted by molar-refractivity contribution is 5.85. The molecule has 1 saturated heterocycles. The van der Waals surface area contributed by atoms with Crippen molar-refractivity contribution < 1.29 is 9.90 Å². The van der Waals surface area contributed by atoms with Gasteiger partial charge in [0.2, 0.25) is 5.91 Å². The fourth-order valence-corrected chi connectivity index (χ4v) is 2.15. The van der Waals surface area contributed by atoms with Gasteiger partial charge in [0.25, 0.3) is 0 Å². The number of halogens is 1. The Labute approximate surface area is 103 Å². The van der Waals surface area contributed by atoms with Gasteiger partial charge >= 0.3 is 0 Å². The molecule has 0 bridgehead atoms. The summed E-state index contributed by atoms with van der Waals surface area (Å²) in [5.74, 6) is 0.0475. The second kappa shape index (κ2) is 5.34. The Morgan fingerprint density at radius 3 is 2.69 bits per heavy atom. The number of aliphatic hydroxyl groups excluding tert-OH is 1. The van der Waals surface area contributed by atoms with Crippen molar-refractivity contribution in [2.24, 2.45) is 5.41 Å². The van der Waals surface area contributed by atoms with Gasteiger partial charge in [0.15, 0.2) is 0 Å². The van der Waals surface area contributed by atoms with E-state index in [1.54, 1.807) is 0 Å². The Balaban J connectivity index is 0.00000128. The van der Waals surface area contributed by atoms with E-state index in [4.69, 9.17) is 0 Å². The van der Waals surface area contributed by atoms with Crippen LogP contribution >= 0.6 is 12.4 Å². The lowest BCUT2D eigenvalue weighted by Crippen LogP contribution is -2.42. The third-order valence-corrected chi connectivity index (χ3v) is 3.77. The van der Waals surface area contributed by atoms with Crippen molar-refractivity contribution in [2.75, 3.05) is 13.1 Å². The molecule has 2 atom stereocenters. The summed E-state index contributed by atoms with van der Waals surface area (Å²) in [6.07, 6.45) is 3.82. The van der Waals surface area contributed by atoms with E-state index in [1.807, 2.05) is 0 Å². The molecule has 1 heterocycles. The van der Waals surface area contributed by atoms with Crippen molar-refractivity contribution in [3.05, 3.63) is 0 Å². The van der Waals surface area contributed by atoms with E-state index in [0.717, 1.165) is 13.0 Å². The normalized spacial score (nSPS) is 30.6. The first kappa shape index (κ1) is 13.7. The molecule has 5 heteroatoms. The maximum Gasteiger partial charge on any atom is 0.237 e. The molecule has 4 nitrogen and oxygen atoms in total. The van der Waals surface area contributed by atoms with Crippen LogP contribution in [0.2, 0.25) is 0 Å². The van der Waals surface area contributed by atoms with Crippen LogP contribution in [0.15, 0.2) is 0 Å². The van der Waals surface area contributed by atoms with Gasteiger partial charge in [-0.25, -0.2) is 0 Å². The van der Waals surface area contributed by atoms with Gasteiger partial charge in [0, 0.05) is 13.1 Å². The number of nitrogens with one attached hydrogen (secondary N) is 2. The smallest absolute Gasteiger partial charge is 0.237 e. The third kappa shape index (κ3) is 3.09. The minimum atomic E-state index is -0.359. The van der Waals surface area contributed by atoms with Crippen LogP contribution < -0.4 is 10.6 Å². The van der Waals surface area contributed by atoms with Gasteiger partial charge in [0.1, 0.15) is 0 Å². The van der Waals surface area contributed by atoms with E-state index in [2.05, 4.69) is 17.6 Å². The number of hydrogen-bond donors (Lipinski definition) is 3. The summed E-state index contributed by atoms with van der Waals surface area (Å²) in [5.41, 5.74) is 0.396. The summed E-state index contributed by atoms with van der Waals surface area (Å²) >= 11 is 0. The molecule has 1 saturated carbocycles. The molecule has 16 heavy (non-hydrogen) atoms. The molecule has 2 fully saturated rings. The average Bonchev–Trinajstić information content (AvgIpc) is 2.90. The number of carbonyl (C=O) groups is 1. The fraction of sp³-hybridized carbons (Fsp3) is 0.909. The number of aliphatic hydroxyl groups is 1. The van der Waals surface area contributed by atoms with Crippen LogP contribution in [0.25, 0.3) is 0 Å². The molecule has 0 spiro atoms. The molecule has 3 N–H and O–H groups in total. The van der Waals surface area contributed by atoms with Crippen molar-refractivity contribution in [1.29, 1.82) is 0 Å². The van der Waals surface area contributed by atoms with Crippen LogP contribution in [0.5, 0.6) is 0 Å². The monoisotopic (exact) mass is 248 g/mol. The molecule has 0 aromatic rings. The minimum absolute atomic E-state index is 0. The summed E-state index contributed by atoms with van der Waals surface area (Å²) < 4.78 is 0. The highest BCUT2D eigenvalue weighted by Gasteiger charge is 2.41. The van der Waals surface area contributed by atoms with Gasteiger partial charge in [-0.05, 0) is 31.1 Å². The molecule has 0 radical (unpaired) electrons. The predicted octanol–water partition coefficient (Wildman–Crippen LogP) is 0.437. The minimum Gasteiger partial charge on any atom is -0.392 e. The van der Waals surface area contributed by atoms with Crippen molar-refractivity contribution >= 4 is 18.3 Å². The number of hydrogen-bond acceptors (Lipinski definition) is 3. The first-order chi connectivity index (χ1) is 7.15. The standard InChI is InChI=1S/C11H20N2O2.ClH/c1-2-11(3-4-11)7-13-10(15)9-5-8(14)6-12-9;/h8-9,12,14H,2-7H2,1H3,(H,13,15);1H/t8-,9+;/m0./s1. The van der Waals surface area contributed by atoms with Crippen molar-refractivity contribution in [2.45, 2.75) is 44.8 Å². The maximum absolute atomic E-state index is 11.7. The molecule has 94 valence electrons. The molecule has 2 rings (SSSR count). The zero-order chi connectivity index (χ0) is 10.9. The van der Waals surface area contributed by atoms with Crippen molar-refractivity contribution in [1.82, 2.24) is 10.6 Å². The van der Waals surface area contributed by atoms with E-state index in [-0.39, 0.29) is 30.5 Å². The SMILES string of the molecule is CCC1(CNC(=O)[C@H]2C[C@H](O)CN2)CC1.Cl. The second-order valence-electron chi connectivity index (χ2n) is 4.92. The van der Waals surface area contributed by atoms with Crippen LogP contribution in [0.1, 0.15) is 32.6 Å². The first-order valence-electron chi connectivity index (χ1n) is 5.84. The fourth-order valence-electron chi connectivity index (χ4n) is 2.15. The van der Waals surface area contributed by atoms with Crippen LogP contribution in [-0.4, -0.2) is 36.2 Å². The molecule has 1 aliphatic heterocycles. The van der Waals surface area contributed by atoms with E-state index in [1.165, 1.54) is 12.8 Å². The Morgan fingerprint density at radius 1 is 1.56 bits per heavy atom. The Morgan fingerprint density at radius 2 is 2.25 bits per heavy atom. The summed E-state index contributed by atoms with van der Waals surface area (Å²) in [5, 5.41) is 15.3. The van der Waals surface area contributed by atoms with Gasteiger partial charge in [0.05, 0.1) is 12.1 Å². The largest absolute Gasteiger partial charge is 0.392 e. The van der Waals surface area contributed by atoms with E-state index >= 15 is 0 Å². The molecular formula is C11H21ClN2O2. The molecule has 0 aromatic heterocycles. The third-order valence-electron chi connectivity index (χ3n) is 3.77. The van der Waals surface area contributed by atoms with E-state index < -0.39 is 0 Å². The summed E-state index contributed by atoms with van der Waals surface area (Å²) in [7, 11) is 0. The predicted molar refractivity (Wildman–Crippen MR) is 64.6 cm³/mol. The summed E-state index contributed by atoms with van der Waals surface area (Å²) in [6, 6.07) is -0.187. The lowest BCUT2D eigenvalue weighted by Gasteiger charge is -2.16. The Kier molecular flexibility index (Phi) is 4.59. The maximum atomic E-state index is 11.7. The molecular weight excluding hydrogens is 228 g/mol. The van der Waals surface area contributed by atoms with Crippen LogP contribution in [0.4, 0.5) is 0 Å². The molecule has 0 aromatic carbocycles. The lowest BCUT2D eigenvalue weighted by atomic mass is 10.0. The number of amides is 1. The van der Waals surface area contributed by atoms with Gasteiger partial charge < -0.3 is 15.7 Å².